The van der Waals surface area contributed by atoms with E-state index >= 15 is 0 Å². The maximum atomic E-state index is 13.1. The molecule has 2 aromatic rings. The van der Waals surface area contributed by atoms with Gasteiger partial charge in [-0.1, -0.05) is 12.1 Å². The number of allylic oxidation sites excluding steroid dienone is 1. The summed E-state index contributed by atoms with van der Waals surface area (Å²) < 4.78 is 26.3. The molecule has 0 spiro atoms. The summed E-state index contributed by atoms with van der Waals surface area (Å²) in [6.45, 7) is 0.699. The van der Waals surface area contributed by atoms with Crippen molar-refractivity contribution in [2.75, 3.05) is 6.54 Å². The van der Waals surface area contributed by atoms with Crippen molar-refractivity contribution in [2.45, 2.75) is 38.2 Å². The lowest BCUT2D eigenvalue weighted by atomic mass is 9.77. The number of benzene rings is 1. The summed E-state index contributed by atoms with van der Waals surface area (Å²) in [6, 6.07) is 7.48. The molecule has 5 nitrogen and oxygen atoms in total. The van der Waals surface area contributed by atoms with Gasteiger partial charge in [0.25, 0.3) is 6.43 Å². The van der Waals surface area contributed by atoms with Crippen LogP contribution in [-0.2, 0) is 0 Å². The van der Waals surface area contributed by atoms with E-state index in [0.29, 0.717) is 23.5 Å². The van der Waals surface area contributed by atoms with Crippen molar-refractivity contribution in [3.8, 4) is 0 Å². The quantitative estimate of drug-likeness (QED) is 0.631. The normalized spacial score (nSPS) is 20.2. The molecule has 0 amide bonds. The summed E-state index contributed by atoms with van der Waals surface area (Å²) in [5.41, 5.74) is 6.44. The fraction of sp³-hybridized carbons (Fsp3) is 0.421. The van der Waals surface area contributed by atoms with Crippen LogP contribution in [0.2, 0.25) is 0 Å². The number of nitrogens with zero attached hydrogens (tertiary/aromatic N) is 2. The van der Waals surface area contributed by atoms with Gasteiger partial charge in [0.2, 0.25) is 0 Å². The van der Waals surface area contributed by atoms with Gasteiger partial charge in [-0.15, -0.1) is 0 Å². The predicted octanol–water partition coefficient (Wildman–Crippen LogP) is 3.36. The fourth-order valence-electron chi connectivity index (χ4n) is 3.21. The van der Waals surface area contributed by atoms with E-state index in [2.05, 4.69) is 15.3 Å². The van der Waals surface area contributed by atoms with Crippen LogP contribution in [0.3, 0.4) is 0 Å². The predicted molar refractivity (Wildman–Crippen MR) is 99.2 cm³/mol. The molecule has 1 aliphatic rings. The number of fused-ring (bicyclic) bond motifs is 1. The van der Waals surface area contributed by atoms with Crippen molar-refractivity contribution in [1.82, 2.24) is 15.3 Å². The van der Waals surface area contributed by atoms with Gasteiger partial charge in [-0.2, -0.15) is 0 Å². The molecule has 1 heterocycles. The minimum Gasteiger partial charge on any atom is -0.388 e. The van der Waals surface area contributed by atoms with E-state index in [1.165, 1.54) is 12.4 Å². The maximum Gasteiger partial charge on any atom is 0.280 e. The molecular formula is C19H23F2N5. The number of aromatic nitrogens is 2. The zero-order valence-electron chi connectivity index (χ0n) is 14.5. The van der Waals surface area contributed by atoms with Crippen LogP contribution in [0.4, 0.5) is 8.78 Å². The summed E-state index contributed by atoms with van der Waals surface area (Å²) in [6.07, 6.45) is 4.18. The van der Waals surface area contributed by atoms with Crippen molar-refractivity contribution < 1.29 is 8.78 Å². The van der Waals surface area contributed by atoms with Crippen molar-refractivity contribution in [3.63, 3.8) is 0 Å². The molecule has 1 aromatic carbocycles. The van der Waals surface area contributed by atoms with Crippen LogP contribution in [-0.4, -0.2) is 34.7 Å². The van der Waals surface area contributed by atoms with Crippen LogP contribution < -0.4 is 11.1 Å². The lowest BCUT2D eigenvalue weighted by Gasteiger charge is -2.35. The highest BCUT2D eigenvalue weighted by Gasteiger charge is 2.28. The van der Waals surface area contributed by atoms with E-state index in [4.69, 9.17) is 11.1 Å². The summed E-state index contributed by atoms with van der Waals surface area (Å²) in [7, 11) is 0. The number of hydrogen-bond acceptors (Lipinski definition) is 5. The highest BCUT2D eigenvalue weighted by molar-refractivity contribution is 6.23. The molecule has 7 heteroatoms. The average Bonchev–Trinajstić information content (AvgIpc) is 2.62. The number of nitrogens with two attached hydrogens (primary N) is 1. The van der Waals surface area contributed by atoms with Crippen LogP contribution in [0.15, 0.2) is 36.7 Å². The molecule has 1 aliphatic carbocycles. The topological polar surface area (TPSA) is 87.7 Å². The Bertz CT molecular complexity index is 799. The van der Waals surface area contributed by atoms with Gasteiger partial charge in [-0.25, -0.2) is 13.8 Å². The second-order valence-electron chi connectivity index (χ2n) is 6.65. The Kier molecular flexibility index (Phi) is 5.88. The summed E-state index contributed by atoms with van der Waals surface area (Å²) in [5.74, 6) is 0.642. The first-order valence-electron chi connectivity index (χ1n) is 8.84. The van der Waals surface area contributed by atoms with Gasteiger partial charge < -0.3 is 11.1 Å². The Balaban J connectivity index is 1.76. The van der Waals surface area contributed by atoms with Crippen LogP contribution in [0.5, 0.6) is 0 Å². The molecule has 1 saturated carbocycles. The second kappa shape index (κ2) is 8.31. The Morgan fingerprint density at radius 2 is 2.04 bits per heavy atom. The molecule has 1 aromatic heterocycles. The van der Waals surface area contributed by atoms with Gasteiger partial charge >= 0.3 is 0 Å². The number of rotatable bonds is 8. The molecule has 0 atom stereocenters. The first kappa shape index (κ1) is 18.4. The van der Waals surface area contributed by atoms with Crippen LogP contribution >= 0.6 is 0 Å². The molecular weight excluding hydrogens is 336 g/mol. The fourth-order valence-corrected chi connectivity index (χ4v) is 3.21. The van der Waals surface area contributed by atoms with Gasteiger partial charge in [-0.05, 0) is 50.3 Å². The van der Waals surface area contributed by atoms with Crippen LogP contribution in [0.25, 0.3) is 16.6 Å². The minimum absolute atomic E-state index is 0.0867. The van der Waals surface area contributed by atoms with Gasteiger partial charge in [0, 0.05) is 17.8 Å². The van der Waals surface area contributed by atoms with Gasteiger partial charge in [0.15, 0.2) is 0 Å². The third-order valence-corrected chi connectivity index (χ3v) is 4.75. The molecule has 3 rings (SSSR count). The average molecular weight is 359 g/mol. The third kappa shape index (κ3) is 4.22. The Morgan fingerprint density at radius 1 is 1.31 bits per heavy atom. The summed E-state index contributed by atoms with van der Waals surface area (Å²) in [4.78, 5) is 8.66. The number of halogens is 2. The van der Waals surface area contributed by atoms with Gasteiger partial charge in [-0.3, -0.25) is 10.4 Å². The summed E-state index contributed by atoms with van der Waals surface area (Å²) in [5, 5.41) is 10.9. The summed E-state index contributed by atoms with van der Waals surface area (Å²) >= 11 is 0. The standard InChI is InChI=1S/C19H23F2N5/c20-19(21)18(23)14(10-24-13-8-12(9-13)4-3-7-22)17-11-25-15-5-1-2-6-16(15)26-17/h1-2,5-6,10-13,19,23-24H,3-4,7-9,22H2/b14-10-,23-18?. The molecule has 0 saturated heterocycles. The number of alkyl halides is 2. The SMILES string of the molecule is N=C(/C(=C\NC1CC(CCCN)C1)c1cnc2ccccc2n1)C(F)F. The Hall–Kier alpha value is -2.41. The van der Waals surface area contributed by atoms with E-state index in [1.54, 1.807) is 6.07 Å². The first-order valence-corrected chi connectivity index (χ1v) is 8.84. The van der Waals surface area contributed by atoms with E-state index in [-0.39, 0.29) is 17.3 Å². The highest BCUT2D eigenvalue weighted by Crippen LogP contribution is 2.31. The van der Waals surface area contributed by atoms with Gasteiger partial charge in [0.1, 0.15) is 5.71 Å². The van der Waals surface area contributed by atoms with Crippen molar-refractivity contribution >= 4 is 22.3 Å². The second-order valence-corrected chi connectivity index (χ2v) is 6.65. The maximum absolute atomic E-state index is 13.1. The van der Waals surface area contributed by atoms with Gasteiger partial charge in [0.05, 0.1) is 22.9 Å². The van der Waals surface area contributed by atoms with E-state index in [0.717, 1.165) is 25.7 Å². The lowest BCUT2D eigenvalue weighted by molar-refractivity contribution is 0.222. The van der Waals surface area contributed by atoms with Crippen LogP contribution in [0.1, 0.15) is 31.4 Å². The number of nitrogens with one attached hydrogen (secondary N) is 2. The van der Waals surface area contributed by atoms with Crippen molar-refractivity contribution in [3.05, 3.63) is 42.4 Å². The molecule has 26 heavy (non-hydrogen) atoms. The molecule has 138 valence electrons. The smallest absolute Gasteiger partial charge is 0.280 e. The zero-order chi connectivity index (χ0) is 18.5. The third-order valence-electron chi connectivity index (χ3n) is 4.75. The van der Waals surface area contributed by atoms with E-state index in [9.17, 15) is 8.78 Å². The Morgan fingerprint density at radius 3 is 2.73 bits per heavy atom. The molecule has 0 aliphatic heterocycles. The number of para-hydroxylation sites is 2. The molecule has 4 N–H and O–H groups in total. The highest BCUT2D eigenvalue weighted by atomic mass is 19.3. The lowest BCUT2D eigenvalue weighted by Crippen LogP contribution is -2.39. The minimum atomic E-state index is -2.87. The zero-order valence-corrected chi connectivity index (χ0v) is 14.5. The van der Waals surface area contributed by atoms with Crippen molar-refractivity contribution in [2.24, 2.45) is 11.7 Å². The monoisotopic (exact) mass is 359 g/mol. The largest absolute Gasteiger partial charge is 0.388 e. The number of hydrogen-bond donors (Lipinski definition) is 3. The van der Waals surface area contributed by atoms with E-state index < -0.39 is 12.1 Å². The van der Waals surface area contributed by atoms with E-state index in [1.807, 2.05) is 18.2 Å². The molecule has 0 bridgehead atoms. The molecule has 0 unspecified atom stereocenters. The Labute approximate surface area is 151 Å². The molecule has 1 fully saturated rings. The van der Waals surface area contributed by atoms with Crippen LogP contribution in [0, 0.1) is 11.3 Å². The first-order chi connectivity index (χ1) is 12.6. The van der Waals surface area contributed by atoms with Crippen molar-refractivity contribution in [1.29, 1.82) is 5.41 Å². The molecule has 0 radical (unpaired) electrons.